The van der Waals surface area contributed by atoms with E-state index in [9.17, 15) is 4.79 Å². The lowest BCUT2D eigenvalue weighted by atomic mass is 10.1. The van der Waals surface area contributed by atoms with Gasteiger partial charge in [0, 0.05) is 6.42 Å². The molecule has 1 N–H and O–H groups in total. The second kappa shape index (κ2) is 14.2. The van der Waals surface area contributed by atoms with E-state index in [1.54, 1.807) is 0 Å². The van der Waals surface area contributed by atoms with Gasteiger partial charge in [0.2, 0.25) is 5.91 Å². The van der Waals surface area contributed by atoms with E-state index in [0.29, 0.717) is 6.42 Å². The van der Waals surface area contributed by atoms with Gasteiger partial charge < -0.3 is 5.32 Å². The number of hydrogen-bond acceptors (Lipinski definition) is 2. The van der Waals surface area contributed by atoms with Gasteiger partial charge in [-0.3, -0.25) is 4.79 Å². The number of carbonyl (C=O) groups is 1. The summed E-state index contributed by atoms with van der Waals surface area (Å²) in [6.07, 6.45) is 15.2. The maximum atomic E-state index is 11.4. The summed E-state index contributed by atoms with van der Waals surface area (Å²) >= 11 is 4.14. The van der Waals surface area contributed by atoms with E-state index in [0.717, 1.165) is 6.42 Å². The van der Waals surface area contributed by atoms with Gasteiger partial charge in [0.05, 0.1) is 5.37 Å². The molecule has 0 fully saturated rings. The van der Waals surface area contributed by atoms with E-state index in [4.69, 9.17) is 0 Å². The van der Waals surface area contributed by atoms with Gasteiger partial charge in [0.25, 0.3) is 0 Å². The third-order valence-corrected chi connectivity index (χ3v) is 3.51. The number of carbonyl (C=O) groups excluding carboxylic acids is 1. The van der Waals surface area contributed by atoms with Crippen LogP contribution in [0.5, 0.6) is 0 Å². The molecule has 0 aromatic heterocycles. The maximum absolute atomic E-state index is 11.4. The van der Waals surface area contributed by atoms with Crippen molar-refractivity contribution in [3.05, 3.63) is 0 Å². The molecule has 0 spiro atoms. The number of nitrogens with one attached hydrogen (secondary N) is 1. The predicted octanol–water partition coefficient (Wildman–Crippen LogP) is 5.08. The van der Waals surface area contributed by atoms with Crippen molar-refractivity contribution in [2.75, 3.05) is 0 Å². The summed E-state index contributed by atoms with van der Waals surface area (Å²) in [5.41, 5.74) is 0. The highest BCUT2D eigenvalue weighted by Gasteiger charge is 2.02. The highest BCUT2D eigenvalue weighted by atomic mass is 32.1. The Labute approximate surface area is 125 Å². The largest absolute Gasteiger partial charge is 0.345 e. The molecule has 0 aliphatic heterocycles. The Morgan fingerprint density at radius 1 is 0.895 bits per heavy atom. The fraction of sp³-hybridized carbons (Fsp3) is 0.938. The SMILES string of the molecule is CCCCCCCCCCCCCC(=O)NC(C)S. The molecule has 0 aromatic carbocycles. The number of amides is 1. The Balaban J connectivity index is 3.08. The van der Waals surface area contributed by atoms with Gasteiger partial charge in [-0.1, -0.05) is 71.1 Å². The Kier molecular flexibility index (Phi) is 14.1. The summed E-state index contributed by atoms with van der Waals surface area (Å²) in [7, 11) is 0. The second-order valence-electron chi connectivity index (χ2n) is 5.53. The highest BCUT2D eigenvalue weighted by molar-refractivity contribution is 7.80. The molecule has 1 unspecified atom stereocenters. The number of thiol groups is 1. The summed E-state index contributed by atoms with van der Waals surface area (Å²) in [6.45, 7) is 4.14. The molecule has 1 amide bonds. The molecule has 0 aliphatic carbocycles. The van der Waals surface area contributed by atoms with Gasteiger partial charge in [-0.05, 0) is 13.3 Å². The van der Waals surface area contributed by atoms with Crippen LogP contribution in [0.15, 0.2) is 0 Å². The zero-order valence-corrected chi connectivity index (χ0v) is 13.8. The van der Waals surface area contributed by atoms with E-state index >= 15 is 0 Å². The molecule has 3 heteroatoms. The van der Waals surface area contributed by atoms with Crippen LogP contribution in [0.4, 0.5) is 0 Å². The van der Waals surface area contributed by atoms with E-state index in [2.05, 4.69) is 24.9 Å². The monoisotopic (exact) mass is 287 g/mol. The molecule has 0 heterocycles. The van der Waals surface area contributed by atoms with Crippen molar-refractivity contribution >= 4 is 18.5 Å². The number of unbranched alkanes of at least 4 members (excludes halogenated alkanes) is 10. The topological polar surface area (TPSA) is 29.1 Å². The van der Waals surface area contributed by atoms with Crippen LogP contribution in [0, 0.1) is 0 Å². The standard InChI is InChI=1S/C16H33NOS/c1-3-4-5-6-7-8-9-10-11-12-13-14-16(18)17-15(2)19/h15,19H,3-14H2,1-2H3,(H,17,18). The van der Waals surface area contributed by atoms with Crippen molar-refractivity contribution in [1.29, 1.82) is 0 Å². The molecule has 0 radical (unpaired) electrons. The first-order chi connectivity index (χ1) is 9.16. The van der Waals surface area contributed by atoms with Gasteiger partial charge >= 0.3 is 0 Å². The predicted molar refractivity (Wildman–Crippen MR) is 87.7 cm³/mol. The van der Waals surface area contributed by atoms with Crippen molar-refractivity contribution in [2.45, 2.75) is 96.3 Å². The summed E-state index contributed by atoms with van der Waals surface area (Å²) in [4.78, 5) is 11.4. The lowest BCUT2D eigenvalue weighted by Gasteiger charge is -2.07. The molecule has 0 bridgehead atoms. The van der Waals surface area contributed by atoms with E-state index in [-0.39, 0.29) is 11.3 Å². The molecule has 1 atom stereocenters. The zero-order valence-electron chi connectivity index (χ0n) is 12.9. The zero-order chi connectivity index (χ0) is 14.3. The molecular weight excluding hydrogens is 254 g/mol. The second-order valence-corrected chi connectivity index (χ2v) is 6.30. The minimum Gasteiger partial charge on any atom is -0.345 e. The molecule has 19 heavy (non-hydrogen) atoms. The van der Waals surface area contributed by atoms with Crippen LogP contribution in [-0.4, -0.2) is 11.3 Å². The van der Waals surface area contributed by atoms with Crippen LogP contribution in [-0.2, 0) is 4.79 Å². The molecule has 0 aliphatic rings. The lowest BCUT2D eigenvalue weighted by Crippen LogP contribution is -2.28. The fourth-order valence-corrected chi connectivity index (χ4v) is 2.40. The van der Waals surface area contributed by atoms with Gasteiger partial charge in [-0.15, -0.1) is 0 Å². The van der Waals surface area contributed by atoms with Crippen LogP contribution in [0.25, 0.3) is 0 Å². The molecule has 0 saturated carbocycles. The van der Waals surface area contributed by atoms with E-state index < -0.39 is 0 Å². The number of rotatable bonds is 13. The average Bonchev–Trinajstić information content (AvgIpc) is 2.35. The van der Waals surface area contributed by atoms with Crippen molar-refractivity contribution < 1.29 is 4.79 Å². The smallest absolute Gasteiger partial charge is 0.220 e. The lowest BCUT2D eigenvalue weighted by molar-refractivity contribution is -0.121. The van der Waals surface area contributed by atoms with E-state index in [1.807, 2.05) is 6.92 Å². The van der Waals surface area contributed by atoms with Gasteiger partial charge in [-0.2, -0.15) is 12.6 Å². The third-order valence-electron chi connectivity index (χ3n) is 3.38. The molecule has 114 valence electrons. The van der Waals surface area contributed by atoms with Gasteiger partial charge in [0.1, 0.15) is 0 Å². The summed E-state index contributed by atoms with van der Waals surface area (Å²) in [5.74, 6) is 0.137. The quantitative estimate of drug-likeness (QED) is 0.276. The first-order valence-electron chi connectivity index (χ1n) is 8.14. The van der Waals surface area contributed by atoms with Crippen LogP contribution in [0.1, 0.15) is 90.9 Å². The Bertz CT molecular complexity index is 207. The first kappa shape index (κ1) is 18.8. The minimum atomic E-state index is -0.0276. The molecule has 2 nitrogen and oxygen atoms in total. The van der Waals surface area contributed by atoms with Crippen molar-refractivity contribution in [1.82, 2.24) is 5.32 Å². The molecule has 0 aromatic rings. The first-order valence-corrected chi connectivity index (χ1v) is 8.66. The van der Waals surface area contributed by atoms with Crippen LogP contribution in [0.3, 0.4) is 0 Å². The summed E-state index contributed by atoms with van der Waals surface area (Å²) in [6, 6.07) is 0. The van der Waals surface area contributed by atoms with E-state index in [1.165, 1.54) is 64.2 Å². The molecule has 0 rings (SSSR count). The fourth-order valence-electron chi connectivity index (χ4n) is 2.25. The van der Waals surface area contributed by atoms with Gasteiger partial charge in [0.15, 0.2) is 0 Å². The Morgan fingerprint density at radius 3 is 1.74 bits per heavy atom. The third kappa shape index (κ3) is 15.8. The minimum absolute atomic E-state index is 0.0276. The van der Waals surface area contributed by atoms with Crippen molar-refractivity contribution in [3.8, 4) is 0 Å². The molecule has 0 saturated heterocycles. The van der Waals surface area contributed by atoms with Crippen molar-refractivity contribution in [2.24, 2.45) is 0 Å². The Morgan fingerprint density at radius 2 is 1.32 bits per heavy atom. The van der Waals surface area contributed by atoms with Crippen LogP contribution in [0.2, 0.25) is 0 Å². The van der Waals surface area contributed by atoms with Crippen molar-refractivity contribution in [3.63, 3.8) is 0 Å². The highest BCUT2D eigenvalue weighted by Crippen LogP contribution is 2.11. The summed E-state index contributed by atoms with van der Waals surface area (Å²) in [5, 5.41) is 2.78. The maximum Gasteiger partial charge on any atom is 0.220 e. The summed E-state index contributed by atoms with van der Waals surface area (Å²) < 4.78 is 0. The molecular formula is C16H33NOS. The number of hydrogen-bond donors (Lipinski definition) is 2. The average molecular weight is 288 g/mol. The Hall–Kier alpha value is -0.180. The van der Waals surface area contributed by atoms with Gasteiger partial charge in [-0.25, -0.2) is 0 Å². The van der Waals surface area contributed by atoms with Crippen LogP contribution < -0.4 is 5.32 Å². The normalized spacial score (nSPS) is 12.4. The van der Waals surface area contributed by atoms with Crippen LogP contribution >= 0.6 is 12.6 Å².